The topological polar surface area (TPSA) is 79.5 Å². The number of carbonyl (C=O) groups is 1. The summed E-state index contributed by atoms with van der Waals surface area (Å²) in [5.74, 6) is -0.352. The third-order valence-corrected chi connectivity index (χ3v) is 4.51. The van der Waals surface area contributed by atoms with Gasteiger partial charge in [-0.25, -0.2) is 5.43 Å². The summed E-state index contributed by atoms with van der Waals surface area (Å²) in [5, 5.41) is 17.8. The standard InChI is InChI=1S/C18H14Br2N4O2/c19-14-3-1-12(2-4-14)11-24-8-7-16(23-24)18(26)22-21-10-13-9-15(20)5-6-17(13)25/h1-10,25H,11H2,(H,22,26)/b21-10+. The number of phenolic OH excluding ortho intramolecular Hbond substituents is 1. The molecule has 3 rings (SSSR count). The van der Waals surface area contributed by atoms with E-state index in [-0.39, 0.29) is 11.4 Å². The maximum absolute atomic E-state index is 12.1. The number of benzene rings is 2. The van der Waals surface area contributed by atoms with Crippen molar-refractivity contribution in [3.05, 3.63) is 80.5 Å². The highest BCUT2D eigenvalue weighted by molar-refractivity contribution is 9.10. The zero-order valence-electron chi connectivity index (χ0n) is 13.4. The molecule has 1 amide bonds. The van der Waals surface area contributed by atoms with Gasteiger partial charge < -0.3 is 5.11 Å². The summed E-state index contributed by atoms with van der Waals surface area (Å²) in [4.78, 5) is 12.1. The number of hydrogen-bond acceptors (Lipinski definition) is 4. The maximum atomic E-state index is 12.1. The van der Waals surface area contributed by atoms with Gasteiger partial charge in [-0.15, -0.1) is 0 Å². The van der Waals surface area contributed by atoms with Gasteiger partial charge >= 0.3 is 0 Å². The van der Waals surface area contributed by atoms with Crippen molar-refractivity contribution < 1.29 is 9.90 Å². The Kier molecular flexibility index (Phi) is 5.85. The summed E-state index contributed by atoms with van der Waals surface area (Å²) in [7, 11) is 0. The molecule has 6 nitrogen and oxygen atoms in total. The minimum Gasteiger partial charge on any atom is -0.507 e. The summed E-state index contributed by atoms with van der Waals surface area (Å²) < 4.78 is 3.49. The van der Waals surface area contributed by atoms with E-state index in [4.69, 9.17) is 0 Å². The molecule has 0 aliphatic rings. The molecule has 26 heavy (non-hydrogen) atoms. The Bertz CT molecular complexity index is 952. The number of nitrogens with one attached hydrogen (secondary N) is 1. The summed E-state index contributed by atoms with van der Waals surface area (Å²) in [6.45, 7) is 0.565. The van der Waals surface area contributed by atoms with E-state index in [1.165, 1.54) is 12.3 Å². The molecule has 0 fully saturated rings. The van der Waals surface area contributed by atoms with Gasteiger partial charge in [-0.05, 0) is 42.0 Å². The van der Waals surface area contributed by atoms with Crippen molar-refractivity contribution in [1.29, 1.82) is 0 Å². The Hall–Kier alpha value is -2.45. The molecule has 0 spiro atoms. The van der Waals surface area contributed by atoms with E-state index >= 15 is 0 Å². The van der Waals surface area contributed by atoms with Gasteiger partial charge in [0, 0.05) is 20.7 Å². The fourth-order valence-corrected chi connectivity index (χ4v) is 2.84. The van der Waals surface area contributed by atoms with E-state index in [2.05, 4.69) is 47.5 Å². The maximum Gasteiger partial charge on any atom is 0.291 e. The minimum absolute atomic E-state index is 0.0741. The smallest absolute Gasteiger partial charge is 0.291 e. The monoisotopic (exact) mass is 476 g/mol. The van der Waals surface area contributed by atoms with Crippen LogP contribution in [0.3, 0.4) is 0 Å². The molecule has 0 bridgehead atoms. The molecule has 8 heteroatoms. The molecular formula is C18H14Br2N4O2. The molecule has 2 N–H and O–H groups in total. The summed E-state index contributed by atoms with van der Waals surface area (Å²) >= 11 is 6.71. The minimum atomic E-state index is -0.426. The third kappa shape index (κ3) is 4.80. The highest BCUT2D eigenvalue weighted by Crippen LogP contribution is 2.19. The first-order valence-corrected chi connectivity index (χ1v) is 9.20. The zero-order chi connectivity index (χ0) is 18.5. The molecule has 0 aliphatic heterocycles. The average molecular weight is 478 g/mol. The van der Waals surface area contributed by atoms with Gasteiger partial charge in [0.2, 0.25) is 0 Å². The first kappa shape index (κ1) is 18.3. The highest BCUT2D eigenvalue weighted by Gasteiger charge is 2.09. The molecule has 0 saturated carbocycles. The molecule has 3 aromatic rings. The molecule has 1 heterocycles. The van der Waals surface area contributed by atoms with Crippen LogP contribution in [0.25, 0.3) is 0 Å². The van der Waals surface area contributed by atoms with Crippen LogP contribution in [-0.4, -0.2) is 27.0 Å². The van der Waals surface area contributed by atoms with Crippen LogP contribution in [0.2, 0.25) is 0 Å². The van der Waals surface area contributed by atoms with Crippen molar-refractivity contribution in [2.75, 3.05) is 0 Å². The van der Waals surface area contributed by atoms with Gasteiger partial charge in [0.05, 0.1) is 12.8 Å². The number of phenols is 1. The largest absolute Gasteiger partial charge is 0.507 e. The summed E-state index contributed by atoms with van der Waals surface area (Å²) in [6, 6.07) is 14.5. The predicted molar refractivity (Wildman–Crippen MR) is 106 cm³/mol. The molecule has 0 radical (unpaired) electrons. The number of hydrogen-bond donors (Lipinski definition) is 2. The van der Waals surface area contributed by atoms with Gasteiger partial charge in [0.1, 0.15) is 5.75 Å². The average Bonchev–Trinajstić information content (AvgIpc) is 3.08. The molecule has 0 unspecified atom stereocenters. The predicted octanol–water partition coefficient (Wildman–Crippen LogP) is 3.93. The van der Waals surface area contributed by atoms with E-state index in [0.717, 1.165) is 14.5 Å². The molecule has 0 saturated heterocycles. The normalized spacial score (nSPS) is 11.0. The quantitative estimate of drug-likeness (QED) is 0.431. The number of hydrazone groups is 1. The van der Waals surface area contributed by atoms with Crippen molar-refractivity contribution >= 4 is 44.0 Å². The van der Waals surface area contributed by atoms with Crippen molar-refractivity contribution in [2.45, 2.75) is 6.54 Å². The molecule has 0 aliphatic carbocycles. The van der Waals surface area contributed by atoms with Crippen LogP contribution < -0.4 is 5.43 Å². The molecule has 132 valence electrons. The van der Waals surface area contributed by atoms with Crippen LogP contribution in [0.4, 0.5) is 0 Å². The molecule has 2 aromatic carbocycles. The molecule has 0 atom stereocenters. The lowest BCUT2D eigenvalue weighted by Crippen LogP contribution is -2.18. The SMILES string of the molecule is O=C(N/N=C/c1cc(Br)ccc1O)c1ccn(Cc2ccc(Br)cc2)n1. The Morgan fingerprint density at radius 3 is 2.65 bits per heavy atom. The first-order valence-electron chi connectivity index (χ1n) is 7.61. The zero-order valence-corrected chi connectivity index (χ0v) is 16.6. The van der Waals surface area contributed by atoms with Gasteiger partial charge in [-0.1, -0.05) is 44.0 Å². The van der Waals surface area contributed by atoms with Gasteiger partial charge in [0.15, 0.2) is 5.69 Å². The fourth-order valence-electron chi connectivity index (χ4n) is 2.19. The van der Waals surface area contributed by atoms with Gasteiger partial charge in [-0.3, -0.25) is 9.48 Å². The Morgan fingerprint density at radius 1 is 1.15 bits per heavy atom. The lowest BCUT2D eigenvalue weighted by atomic mass is 10.2. The molecule has 1 aromatic heterocycles. The van der Waals surface area contributed by atoms with E-state index < -0.39 is 5.91 Å². The van der Waals surface area contributed by atoms with Crippen molar-refractivity contribution in [3.63, 3.8) is 0 Å². The van der Waals surface area contributed by atoms with Crippen molar-refractivity contribution in [3.8, 4) is 5.75 Å². The van der Waals surface area contributed by atoms with Crippen LogP contribution in [-0.2, 0) is 6.54 Å². The Morgan fingerprint density at radius 2 is 1.88 bits per heavy atom. The third-order valence-electron chi connectivity index (χ3n) is 3.49. The number of nitrogens with zero attached hydrogens (tertiary/aromatic N) is 3. The fraction of sp³-hybridized carbons (Fsp3) is 0.0556. The van der Waals surface area contributed by atoms with Gasteiger partial charge in [-0.2, -0.15) is 10.2 Å². The van der Waals surface area contributed by atoms with E-state index in [1.807, 2.05) is 24.3 Å². The number of carbonyl (C=O) groups excluding carboxylic acids is 1. The van der Waals surface area contributed by atoms with Gasteiger partial charge in [0.25, 0.3) is 5.91 Å². The van der Waals surface area contributed by atoms with E-state index in [9.17, 15) is 9.90 Å². The number of amides is 1. The number of aromatic hydroxyl groups is 1. The first-order chi connectivity index (χ1) is 12.5. The van der Waals surface area contributed by atoms with Crippen LogP contribution in [0.15, 0.2) is 68.8 Å². The van der Waals surface area contributed by atoms with Crippen LogP contribution in [0.1, 0.15) is 21.6 Å². The molecular weight excluding hydrogens is 464 g/mol. The Labute approximate surface area is 166 Å². The van der Waals surface area contributed by atoms with E-state index in [0.29, 0.717) is 12.1 Å². The Balaban J connectivity index is 1.62. The lowest BCUT2D eigenvalue weighted by molar-refractivity contribution is 0.0949. The number of rotatable bonds is 5. The van der Waals surface area contributed by atoms with Crippen LogP contribution >= 0.6 is 31.9 Å². The number of halogens is 2. The second-order valence-corrected chi connectivity index (χ2v) is 7.26. The number of aromatic nitrogens is 2. The van der Waals surface area contributed by atoms with E-state index in [1.54, 1.807) is 29.1 Å². The lowest BCUT2D eigenvalue weighted by Gasteiger charge is -2.02. The highest BCUT2D eigenvalue weighted by atomic mass is 79.9. The second kappa shape index (κ2) is 8.29. The van der Waals surface area contributed by atoms with Crippen LogP contribution in [0.5, 0.6) is 5.75 Å². The second-order valence-electron chi connectivity index (χ2n) is 5.43. The van der Waals surface area contributed by atoms with Crippen molar-refractivity contribution in [2.24, 2.45) is 5.10 Å². The van der Waals surface area contributed by atoms with Crippen molar-refractivity contribution in [1.82, 2.24) is 15.2 Å². The summed E-state index contributed by atoms with van der Waals surface area (Å²) in [6.07, 6.45) is 3.11. The summed E-state index contributed by atoms with van der Waals surface area (Å²) in [5.41, 5.74) is 4.22. The van der Waals surface area contributed by atoms with Crippen LogP contribution in [0, 0.1) is 0 Å².